The quantitative estimate of drug-likeness (QED) is 0.608. The number of aromatic amines is 1. The molecule has 0 aliphatic rings. The van der Waals surface area contributed by atoms with Crippen LogP contribution in [0.25, 0.3) is 33.2 Å². The van der Waals surface area contributed by atoms with E-state index >= 15 is 0 Å². The summed E-state index contributed by atoms with van der Waals surface area (Å²) in [5.74, 6) is 0.830. The van der Waals surface area contributed by atoms with Gasteiger partial charge in [-0.2, -0.15) is 0 Å². The molecule has 4 aromatic rings. The Morgan fingerprint density at radius 3 is 3.05 bits per heavy atom. The van der Waals surface area contributed by atoms with Crippen LogP contribution in [0.4, 0.5) is 0 Å². The highest BCUT2D eigenvalue weighted by atomic mass is 16.5. The van der Waals surface area contributed by atoms with Gasteiger partial charge in [-0.15, -0.1) is 0 Å². The van der Waals surface area contributed by atoms with Crippen LogP contribution in [0, 0.1) is 6.07 Å². The number of nitrogens with one attached hydrogen (secondary N) is 1. The van der Waals surface area contributed by atoms with Gasteiger partial charge in [0.05, 0.1) is 23.9 Å². The largest absolute Gasteiger partial charge is 0.482 e. The zero-order valence-electron chi connectivity index (χ0n) is 11.8. The lowest BCUT2D eigenvalue weighted by Gasteiger charge is -2.04. The van der Waals surface area contributed by atoms with Gasteiger partial charge in [-0.1, -0.05) is 12.1 Å². The molecule has 0 spiro atoms. The molecule has 1 radical (unpaired) electrons. The number of H-pyrrole nitrogens is 1. The molecule has 1 N–H and O–H groups in total. The SMILES string of the molecule is COc1c(-c2cc3cccnc3[nH]2)c2cc[c]cc2n1C. The third-order valence-corrected chi connectivity index (χ3v) is 3.85. The summed E-state index contributed by atoms with van der Waals surface area (Å²) < 4.78 is 7.66. The third kappa shape index (κ3) is 1.65. The van der Waals surface area contributed by atoms with E-state index in [0.29, 0.717) is 0 Å². The fourth-order valence-corrected chi connectivity index (χ4v) is 2.89. The van der Waals surface area contributed by atoms with Crippen LogP contribution in [0.1, 0.15) is 0 Å². The number of rotatable bonds is 2. The van der Waals surface area contributed by atoms with Gasteiger partial charge in [0.1, 0.15) is 5.65 Å². The zero-order valence-corrected chi connectivity index (χ0v) is 11.8. The first-order valence-corrected chi connectivity index (χ1v) is 6.76. The molecule has 3 heterocycles. The molecular formula is C17H14N3O. The predicted octanol–water partition coefficient (Wildman–Crippen LogP) is 3.53. The van der Waals surface area contributed by atoms with Gasteiger partial charge in [-0.3, -0.25) is 0 Å². The molecule has 0 amide bonds. The fourth-order valence-electron chi connectivity index (χ4n) is 2.89. The lowest BCUT2D eigenvalue weighted by molar-refractivity contribution is 0.386. The van der Waals surface area contributed by atoms with Crippen molar-refractivity contribution in [3.05, 3.63) is 48.7 Å². The van der Waals surface area contributed by atoms with Crippen molar-refractivity contribution in [3.63, 3.8) is 0 Å². The zero-order chi connectivity index (χ0) is 14.4. The molecule has 3 aromatic heterocycles. The molecule has 0 fully saturated rings. The molecule has 4 nitrogen and oxygen atoms in total. The first kappa shape index (κ1) is 12.0. The van der Waals surface area contributed by atoms with Gasteiger partial charge in [0, 0.05) is 24.0 Å². The normalized spacial score (nSPS) is 11.3. The Labute approximate surface area is 122 Å². The molecule has 0 bridgehead atoms. The average molecular weight is 276 g/mol. The Hall–Kier alpha value is -2.75. The predicted molar refractivity (Wildman–Crippen MR) is 83.4 cm³/mol. The summed E-state index contributed by atoms with van der Waals surface area (Å²) in [6.45, 7) is 0. The Balaban J connectivity index is 2.09. The Bertz CT molecular complexity index is 916. The van der Waals surface area contributed by atoms with Crippen LogP contribution >= 0.6 is 0 Å². The number of nitrogens with zero attached hydrogens (tertiary/aromatic N) is 2. The van der Waals surface area contributed by atoms with Crippen molar-refractivity contribution in [1.82, 2.24) is 14.5 Å². The summed E-state index contributed by atoms with van der Waals surface area (Å²) in [6, 6.07) is 15.2. The molecule has 103 valence electrons. The van der Waals surface area contributed by atoms with Crippen LogP contribution in [-0.4, -0.2) is 21.6 Å². The minimum absolute atomic E-state index is 0.830. The van der Waals surface area contributed by atoms with Gasteiger partial charge in [0.25, 0.3) is 0 Å². The monoisotopic (exact) mass is 276 g/mol. The third-order valence-electron chi connectivity index (χ3n) is 3.85. The van der Waals surface area contributed by atoms with Gasteiger partial charge in [0.2, 0.25) is 5.88 Å². The number of methoxy groups -OCH3 is 1. The van der Waals surface area contributed by atoms with Gasteiger partial charge in [-0.05, 0) is 30.3 Å². The summed E-state index contributed by atoms with van der Waals surface area (Å²) in [5, 5.41) is 2.23. The smallest absolute Gasteiger partial charge is 0.203 e. The van der Waals surface area contributed by atoms with Crippen LogP contribution in [0.3, 0.4) is 0 Å². The van der Waals surface area contributed by atoms with Crippen molar-refractivity contribution in [2.45, 2.75) is 0 Å². The lowest BCUT2D eigenvalue weighted by atomic mass is 10.1. The van der Waals surface area contributed by atoms with E-state index in [9.17, 15) is 0 Å². The summed E-state index contributed by atoms with van der Waals surface area (Å²) >= 11 is 0. The molecule has 0 atom stereocenters. The summed E-state index contributed by atoms with van der Waals surface area (Å²) in [6.07, 6.45) is 1.79. The minimum Gasteiger partial charge on any atom is -0.482 e. The van der Waals surface area contributed by atoms with Crippen molar-refractivity contribution >= 4 is 21.9 Å². The fraction of sp³-hybridized carbons (Fsp3) is 0.118. The van der Waals surface area contributed by atoms with Gasteiger partial charge in [0.15, 0.2) is 0 Å². The molecule has 1 aromatic carbocycles. The van der Waals surface area contributed by atoms with E-state index in [0.717, 1.165) is 39.1 Å². The van der Waals surface area contributed by atoms with Gasteiger partial charge < -0.3 is 14.3 Å². The summed E-state index contributed by atoms with van der Waals surface area (Å²) in [5.41, 5.74) is 4.05. The molecule has 4 heteroatoms. The van der Waals surface area contributed by atoms with E-state index in [-0.39, 0.29) is 0 Å². The van der Waals surface area contributed by atoms with Crippen molar-refractivity contribution in [1.29, 1.82) is 0 Å². The number of fused-ring (bicyclic) bond motifs is 2. The number of pyridine rings is 1. The van der Waals surface area contributed by atoms with Crippen molar-refractivity contribution < 1.29 is 4.74 Å². The maximum atomic E-state index is 5.62. The number of hydrogen-bond acceptors (Lipinski definition) is 2. The topological polar surface area (TPSA) is 42.8 Å². The second kappa shape index (κ2) is 4.38. The first-order valence-electron chi connectivity index (χ1n) is 6.76. The van der Waals surface area contributed by atoms with Crippen LogP contribution in [0.5, 0.6) is 5.88 Å². The molecule has 0 saturated heterocycles. The first-order chi connectivity index (χ1) is 10.3. The molecule has 0 aliphatic carbocycles. The maximum Gasteiger partial charge on any atom is 0.203 e. The minimum atomic E-state index is 0.830. The summed E-state index contributed by atoms with van der Waals surface area (Å²) in [4.78, 5) is 7.74. The van der Waals surface area contributed by atoms with Gasteiger partial charge in [-0.25, -0.2) is 4.98 Å². The second-order valence-electron chi connectivity index (χ2n) is 5.01. The highest BCUT2D eigenvalue weighted by Gasteiger charge is 2.18. The highest BCUT2D eigenvalue weighted by molar-refractivity contribution is 6.01. The van der Waals surface area contributed by atoms with Crippen LogP contribution in [0.15, 0.2) is 42.6 Å². The Morgan fingerprint density at radius 1 is 1.33 bits per heavy atom. The number of aryl methyl sites for hydroxylation is 1. The van der Waals surface area contributed by atoms with Crippen molar-refractivity contribution in [2.75, 3.05) is 7.11 Å². The maximum absolute atomic E-state index is 5.62. The number of aromatic nitrogens is 3. The van der Waals surface area contributed by atoms with Gasteiger partial charge >= 0.3 is 0 Å². The van der Waals surface area contributed by atoms with Crippen molar-refractivity contribution in [2.24, 2.45) is 7.05 Å². The van der Waals surface area contributed by atoms with E-state index in [1.807, 2.05) is 35.9 Å². The lowest BCUT2D eigenvalue weighted by Crippen LogP contribution is -1.94. The van der Waals surface area contributed by atoms with E-state index in [1.165, 1.54) is 0 Å². The standard InChI is InChI=1S/C17H14N3O/c1-20-14-8-4-3-7-12(14)15(17(20)21-2)13-10-11-6-5-9-18-16(11)19-13/h3,5-10H,1-2H3,(H,18,19). The number of benzene rings is 1. The number of hydrogen-bond donors (Lipinski definition) is 1. The van der Waals surface area contributed by atoms with Crippen LogP contribution < -0.4 is 4.74 Å². The van der Waals surface area contributed by atoms with E-state index in [1.54, 1.807) is 13.3 Å². The molecule has 21 heavy (non-hydrogen) atoms. The molecular weight excluding hydrogens is 262 g/mol. The second-order valence-corrected chi connectivity index (χ2v) is 5.01. The van der Waals surface area contributed by atoms with E-state index in [4.69, 9.17) is 4.74 Å². The van der Waals surface area contributed by atoms with Crippen molar-refractivity contribution in [3.8, 4) is 17.1 Å². The molecule has 0 aliphatic heterocycles. The molecule has 0 unspecified atom stereocenters. The van der Waals surface area contributed by atoms with Crippen LogP contribution in [-0.2, 0) is 7.05 Å². The van der Waals surface area contributed by atoms with E-state index in [2.05, 4.69) is 28.2 Å². The van der Waals surface area contributed by atoms with E-state index < -0.39 is 0 Å². The Morgan fingerprint density at radius 2 is 2.24 bits per heavy atom. The summed E-state index contributed by atoms with van der Waals surface area (Å²) in [7, 11) is 3.70. The Kier molecular flexibility index (Phi) is 2.51. The highest BCUT2D eigenvalue weighted by Crippen LogP contribution is 2.39. The number of ether oxygens (including phenoxy) is 1. The van der Waals surface area contributed by atoms with Crippen LogP contribution in [0.2, 0.25) is 0 Å². The molecule has 4 rings (SSSR count). The molecule has 0 saturated carbocycles. The average Bonchev–Trinajstić information content (AvgIpc) is 3.06.